The monoisotopic (exact) mass is 292 g/mol. The van der Waals surface area contributed by atoms with Crippen molar-refractivity contribution < 1.29 is 14.3 Å². The molecule has 5 nitrogen and oxygen atoms in total. The summed E-state index contributed by atoms with van der Waals surface area (Å²) in [4.78, 5) is 14.2. The fraction of sp³-hybridized carbons (Fsp3) is 0.562. The lowest BCUT2D eigenvalue weighted by atomic mass is 9.95. The molecule has 1 amide bonds. The van der Waals surface area contributed by atoms with Crippen molar-refractivity contribution in [1.29, 1.82) is 0 Å². The van der Waals surface area contributed by atoms with Gasteiger partial charge in [-0.1, -0.05) is 6.07 Å². The van der Waals surface area contributed by atoms with Crippen LogP contribution in [-0.4, -0.2) is 37.6 Å². The summed E-state index contributed by atoms with van der Waals surface area (Å²) in [6.45, 7) is 2.33. The highest BCUT2D eigenvalue weighted by molar-refractivity contribution is 5.86. The molecule has 0 aliphatic heterocycles. The number of nitrogens with two attached hydrogens (primary N) is 1. The van der Waals surface area contributed by atoms with Crippen LogP contribution in [0.5, 0.6) is 11.5 Å². The average molecular weight is 292 g/mol. The molecule has 2 rings (SSSR count). The molecule has 0 spiro atoms. The van der Waals surface area contributed by atoms with E-state index in [2.05, 4.69) is 0 Å². The van der Waals surface area contributed by atoms with Crippen molar-refractivity contribution in [2.24, 2.45) is 11.7 Å². The molecule has 1 aromatic carbocycles. The largest absolute Gasteiger partial charge is 0.493 e. The zero-order valence-electron chi connectivity index (χ0n) is 13.2. The maximum Gasteiger partial charge on any atom is 0.242 e. The molecule has 0 heterocycles. The van der Waals surface area contributed by atoms with Crippen LogP contribution in [0.25, 0.3) is 0 Å². The summed E-state index contributed by atoms with van der Waals surface area (Å²) in [5, 5.41) is 0. The minimum Gasteiger partial charge on any atom is -0.493 e. The van der Waals surface area contributed by atoms with Crippen LogP contribution in [0.2, 0.25) is 0 Å². The molecule has 0 saturated heterocycles. The first-order valence-electron chi connectivity index (χ1n) is 7.15. The summed E-state index contributed by atoms with van der Waals surface area (Å²) in [5.74, 6) is 1.64. The number of ether oxygens (including phenoxy) is 2. The minimum atomic E-state index is -0.759. The number of rotatable bonds is 6. The van der Waals surface area contributed by atoms with Gasteiger partial charge in [0, 0.05) is 13.6 Å². The Labute approximate surface area is 126 Å². The topological polar surface area (TPSA) is 64.8 Å². The smallest absolute Gasteiger partial charge is 0.242 e. The van der Waals surface area contributed by atoms with Crippen LogP contribution in [-0.2, 0) is 11.3 Å². The third-order valence-electron chi connectivity index (χ3n) is 4.10. The van der Waals surface area contributed by atoms with E-state index in [1.54, 1.807) is 26.2 Å². The molecular formula is C16H24N2O3. The summed E-state index contributed by atoms with van der Waals surface area (Å²) in [5.41, 5.74) is 6.41. The Morgan fingerprint density at radius 1 is 1.33 bits per heavy atom. The molecule has 1 atom stereocenters. The molecule has 2 N–H and O–H groups in total. The van der Waals surface area contributed by atoms with Crippen molar-refractivity contribution in [3.05, 3.63) is 23.8 Å². The van der Waals surface area contributed by atoms with Gasteiger partial charge in [0.05, 0.1) is 19.8 Å². The van der Waals surface area contributed by atoms with E-state index in [1.807, 2.05) is 25.1 Å². The maximum absolute atomic E-state index is 12.5. The summed E-state index contributed by atoms with van der Waals surface area (Å²) < 4.78 is 10.5. The molecule has 1 aliphatic carbocycles. The van der Waals surface area contributed by atoms with E-state index in [0.29, 0.717) is 24.0 Å². The molecule has 0 bridgehead atoms. The van der Waals surface area contributed by atoms with Crippen LogP contribution in [0.4, 0.5) is 0 Å². The van der Waals surface area contributed by atoms with Crippen LogP contribution in [0.3, 0.4) is 0 Å². The second-order valence-electron chi connectivity index (χ2n) is 5.91. The summed E-state index contributed by atoms with van der Waals surface area (Å²) in [6, 6.07) is 5.65. The van der Waals surface area contributed by atoms with Gasteiger partial charge in [0.2, 0.25) is 5.91 Å². The normalized spacial score (nSPS) is 17.0. The van der Waals surface area contributed by atoms with Crippen molar-refractivity contribution in [3.8, 4) is 11.5 Å². The molecular weight excluding hydrogens is 268 g/mol. The Kier molecular flexibility index (Phi) is 4.42. The first-order valence-corrected chi connectivity index (χ1v) is 7.15. The average Bonchev–Trinajstić information content (AvgIpc) is 3.31. The first-order chi connectivity index (χ1) is 9.90. The summed E-state index contributed by atoms with van der Waals surface area (Å²) in [6.07, 6.45) is 2.09. The van der Waals surface area contributed by atoms with Gasteiger partial charge >= 0.3 is 0 Å². The van der Waals surface area contributed by atoms with Gasteiger partial charge in [-0.15, -0.1) is 0 Å². The zero-order valence-corrected chi connectivity index (χ0v) is 13.2. The Morgan fingerprint density at radius 3 is 2.48 bits per heavy atom. The van der Waals surface area contributed by atoms with E-state index < -0.39 is 5.54 Å². The highest BCUT2D eigenvalue weighted by atomic mass is 16.5. The number of hydrogen-bond acceptors (Lipinski definition) is 4. The number of likely N-dealkylation sites (N-methyl/N-ethyl adjacent to an activating group) is 1. The molecule has 0 radical (unpaired) electrons. The van der Waals surface area contributed by atoms with E-state index in [1.165, 1.54) is 0 Å². The maximum atomic E-state index is 12.5. The molecule has 1 fully saturated rings. The Balaban J connectivity index is 2.08. The van der Waals surface area contributed by atoms with Crippen LogP contribution in [0.15, 0.2) is 18.2 Å². The van der Waals surface area contributed by atoms with Crippen LogP contribution < -0.4 is 15.2 Å². The van der Waals surface area contributed by atoms with E-state index in [0.717, 1.165) is 18.4 Å². The van der Waals surface area contributed by atoms with Gasteiger partial charge in [-0.2, -0.15) is 0 Å². The number of hydrogen-bond donors (Lipinski definition) is 1. The van der Waals surface area contributed by atoms with Gasteiger partial charge in [0.15, 0.2) is 11.5 Å². The van der Waals surface area contributed by atoms with E-state index in [4.69, 9.17) is 15.2 Å². The predicted octanol–water partition coefficient (Wildman–Crippen LogP) is 1.79. The lowest BCUT2D eigenvalue weighted by molar-refractivity contribution is -0.136. The fourth-order valence-corrected chi connectivity index (χ4v) is 2.59. The van der Waals surface area contributed by atoms with E-state index >= 15 is 0 Å². The number of amides is 1. The number of methoxy groups -OCH3 is 2. The second kappa shape index (κ2) is 5.93. The quantitative estimate of drug-likeness (QED) is 0.868. The third-order valence-corrected chi connectivity index (χ3v) is 4.10. The zero-order chi connectivity index (χ0) is 15.6. The highest BCUT2D eigenvalue weighted by Crippen LogP contribution is 2.39. The van der Waals surface area contributed by atoms with Gasteiger partial charge in [0.25, 0.3) is 0 Å². The van der Waals surface area contributed by atoms with E-state index in [-0.39, 0.29) is 5.91 Å². The lowest BCUT2D eigenvalue weighted by Crippen LogP contribution is -2.53. The summed E-state index contributed by atoms with van der Waals surface area (Å²) in [7, 11) is 4.98. The van der Waals surface area contributed by atoms with Gasteiger partial charge in [-0.25, -0.2) is 0 Å². The number of nitrogens with zero attached hydrogens (tertiary/aromatic N) is 1. The van der Waals surface area contributed by atoms with Gasteiger partial charge < -0.3 is 20.1 Å². The predicted molar refractivity (Wildman–Crippen MR) is 81.3 cm³/mol. The van der Waals surface area contributed by atoms with E-state index in [9.17, 15) is 4.79 Å². The van der Waals surface area contributed by atoms with Gasteiger partial charge in [-0.05, 0) is 43.4 Å². The van der Waals surface area contributed by atoms with Crippen molar-refractivity contribution >= 4 is 5.91 Å². The SMILES string of the molecule is COc1ccc(CN(C)C(=O)C(C)(N)C2CC2)cc1OC. The van der Waals surface area contributed by atoms with Crippen molar-refractivity contribution in [2.45, 2.75) is 31.8 Å². The first kappa shape index (κ1) is 15.6. The van der Waals surface area contributed by atoms with Crippen molar-refractivity contribution in [3.63, 3.8) is 0 Å². The standard InChI is InChI=1S/C16H24N2O3/c1-16(17,12-6-7-12)15(19)18(2)10-11-5-8-13(20-3)14(9-11)21-4/h5,8-9,12H,6-7,10,17H2,1-4H3. The summed E-state index contributed by atoms with van der Waals surface area (Å²) >= 11 is 0. The Morgan fingerprint density at radius 2 is 1.95 bits per heavy atom. The molecule has 5 heteroatoms. The second-order valence-corrected chi connectivity index (χ2v) is 5.91. The fourth-order valence-electron chi connectivity index (χ4n) is 2.59. The number of carbonyl (C=O) groups excluding carboxylic acids is 1. The molecule has 21 heavy (non-hydrogen) atoms. The van der Waals surface area contributed by atoms with Gasteiger partial charge in [0.1, 0.15) is 0 Å². The lowest BCUT2D eigenvalue weighted by Gasteiger charge is -2.29. The van der Waals surface area contributed by atoms with Gasteiger partial charge in [-0.3, -0.25) is 4.79 Å². The number of carbonyl (C=O) groups is 1. The molecule has 1 unspecified atom stereocenters. The van der Waals surface area contributed by atoms with Crippen molar-refractivity contribution in [1.82, 2.24) is 4.90 Å². The van der Waals surface area contributed by atoms with Crippen LogP contribution >= 0.6 is 0 Å². The number of benzene rings is 1. The Bertz CT molecular complexity index is 524. The third kappa shape index (κ3) is 3.29. The molecule has 1 aliphatic rings. The van der Waals surface area contributed by atoms with Crippen LogP contribution in [0.1, 0.15) is 25.3 Å². The molecule has 116 valence electrons. The Hall–Kier alpha value is -1.75. The molecule has 1 saturated carbocycles. The minimum absolute atomic E-state index is 0.0141. The highest BCUT2D eigenvalue weighted by Gasteiger charge is 2.45. The molecule has 0 aromatic heterocycles. The van der Waals surface area contributed by atoms with Crippen LogP contribution in [0, 0.1) is 5.92 Å². The van der Waals surface area contributed by atoms with Crippen molar-refractivity contribution in [2.75, 3.05) is 21.3 Å². The molecule has 1 aromatic rings.